The van der Waals surface area contributed by atoms with Crippen LogP contribution in [0, 0.1) is 5.82 Å². The van der Waals surface area contributed by atoms with Gasteiger partial charge in [-0.2, -0.15) is 12.6 Å². The highest BCUT2D eigenvalue weighted by molar-refractivity contribution is 7.80. The van der Waals surface area contributed by atoms with Gasteiger partial charge in [0.05, 0.1) is 12.7 Å². The smallest absolute Gasteiger partial charge is 0.337 e. The molecule has 0 aromatic heterocycles. The Morgan fingerprint density at radius 3 is 2.88 bits per heavy atom. The van der Waals surface area contributed by atoms with E-state index < -0.39 is 11.8 Å². The maximum Gasteiger partial charge on any atom is 0.337 e. The van der Waals surface area contributed by atoms with Crippen LogP contribution < -0.4 is 0 Å². The number of rotatable bonds is 4. The Hall–Kier alpha value is -1.29. The summed E-state index contributed by atoms with van der Waals surface area (Å²) in [4.78, 5) is 11.2. The summed E-state index contributed by atoms with van der Waals surface area (Å²) >= 11 is 4.06. The van der Waals surface area contributed by atoms with Crippen LogP contribution >= 0.6 is 12.6 Å². The first-order valence-electron chi connectivity index (χ1n) is 4.83. The molecule has 0 heterocycles. The summed E-state index contributed by atoms with van der Waals surface area (Å²) in [5.74, 6) is -0.257. The number of halogens is 1. The van der Waals surface area contributed by atoms with Gasteiger partial charge in [-0.3, -0.25) is 0 Å². The van der Waals surface area contributed by atoms with Crippen molar-refractivity contribution in [1.82, 2.24) is 0 Å². The molecule has 4 heteroatoms. The molecular formula is C12H13FO2S. The minimum atomic E-state index is -0.539. The summed E-state index contributed by atoms with van der Waals surface area (Å²) in [6, 6.07) is 4.10. The second-order valence-electron chi connectivity index (χ2n) is 3.18. The quantitative estimate of drug-likeness (QED) is 0.647. The largest absolute Gasteiger partial charge is 0.465 e. The van der Waals surface area contributed by atoms with Gasteiger partial charge in [0.1, 0.15) is 5.82 Å². The van der Waals surface area contributed by atoms with E-state index in [4.69, 9.17) is 0 Å². The first kappa shape index (κ1) is 12.8. The van der Waals surface area contributed by atoms with Gasteiger partial charge in [-0.15, -0.1) is 0 Å². The summed E-state index contributed by atoms with van der Waals surface area (Å²) in [5.41, 5.74) is 0.857. The number of methoxy groups -OCH3 is 1. The fourth-order valence-electron chi connectivity index (χ4n) is 1.24. The molecule has 0 aliphatic carbocycles. The van der Waals surface area contributed by atoms with Crippen molar-refractivity contribution >= 4 is 24.7 Å². The molecule has 0 saturated carbocycles. The zero-order chi connectivity index (χ0) is 12.0. The lowest BCUT2D eigenvalue weighted by Gasteiger charge is -2.01. The number of hydrogen-bond acceptors (Lipinski definition) is 3. The Labute approximate surface area is 99.5 Å². The number of thiol groups is 1. The highest BCUT2D eigenvalue weighted by Gasteiger charge is 2.07. The van der Waals surface area contributed by atoms with E-state index in [0.717, 1.165) is 18.2 Å². The monoisotopic (exact) mass is 240 g/mol. The zero-order valence-electron chi connectivity index (χ0n) is 8.94. The average Bonchev–Trinajstić information content (AvgIpc) is 2.27. The molecule has 0 spiro atoms. The van der Waals surface area contributed by atoms with E-state index in [2.05, 4.69) is 17.4 Å². The minimum absolute atomic E-state index is 0.216. The standard InChI is InChI=1S/C12H13FO2S/c1-15-12(14)10-6-9(4-2-3-5-16)7-11(13)8-10/h2,4,6-8,16H,3,5H2,1H3. The second kappa shape index (κ2) is 6.33. The topological polar surface area (TPSA) is 26.3 Å². The fourth-order valence-corrected chi connectivity index (χ4v) is 1.39. The predicted molar refractivity (Wildman–Crippen MR) is 65.2 cm³/mol. The molecule has 0 aliphatic heterocycles. The lowest BCUT2D eigenvalue weighted by molar-refractivity contribution is 0.0600. The third-order valence-corrected chi connectivity index (χ3v) is 2.21. The molecule has 0 atom stereocenters. The molecule has 86 valence electrons. The highest BCUT2D eigenvalue weighted by atomic mass is 32.1. The Morgan fingerprint density at radius 1 is 1.50 bits per heavy atom. The normalized spacial score (nSPS) is 10.7. The minimum Gasteiger partial charge on any atom is -0.465 e. The third-order valence-electron chi connectivity index (χ3n) is 1.95. The maximum absolute atomic E-state index is 13.2. The molecule has 16 heavy (non-hydrogen) atoms. The van der Waals surface area contributed by atoms with Crippen LogP contribution in [0.1, 0.15) is 22.3 Å². The van der Waals surface area contributed by atoms with Crippen molar-refractivity contribution in [2.24, 2.45) is 0 Å². The van der Waals surface area contributed by atoms with Gasteiger partial charge in [-0.1, -0.05) is 12.2 Å². The molecule has 0 bridgehead atoms. The third kappa shape index (κ3) is 3.70. The highest BCUT2D eigenvalue weighted by Crippen LogP contribution is 2.12. The summed E-state index contributed by atoms with van der Waals surface area (Å²) in [7, 11) is 1.27. The van der Waals surface area contributed by atoms with Gasteiger partial charge in [0.2, 0.25) is 0 Å². The maximum atomic E-state index is 13.2. The van der Waals surface area contributed by atoms with E-state index in [1.807, 2.05) is 6.08 Å². The molecule has 2 nitrogen and oxygen atoms in total. The Bertz CT molecular complexity index is 402. The first-order chi connectivity index (χ1) is 7.67. The zero-order valence-corrected chi connectivity index (χ0v) is 9.84. The van der Waals surface area contributed by atoms with Gasteiger partial charge in [-0.05, 0) is 35.9 Å². The van der Waals surface area contributed by atoms with Crippen molar-refractivity contribution in [2.75, 3.05) is 12.9 Å². The summed E-state index contributed by atoms with van der Waals surface area (Å²) in [6.45, 7) is 0. The van der Waals surface area contributed by atoms with Gasteiger partial charge in [0.25, 0.3) is 0 Å². The van der Waals surface area contributed by atoms with E-state index in [0.29, 0.717) is 5.56 Å². The van der Waals surface area contributed by atoms with Gasteiger partial charge in [0, 0.05) is 0 Å². The molecule has 0 amide bonds. The Kier molecular flexibility index (Phi) is 5.05. The van der Waals surface area contributed by atoms with Crippen LogP contribution in [0.5, 0.6) is 0 Å². The predicted octanol–water partition coefficient (Wildman–Crippen LogP) is 2.95. The summed E-state index contributed by atoms with van der Waals surface area (Å²) < 4.78 is 17.7. The number of benzene rings is 1. The lowest BCUT2D eigenvalue weighted by Crippen LogP contribution is -2.01. The molecule has 1 rings (SSSR count). The molecule has 0 aliphatic rings. The van der Waals surface area contributed by atoms with E-state index in [1.54, 1.807) is 12.1 Å². The van der Waals surface area contributed by atoms with Crippen molar-refractivity contribution in [3.8, 4) is 0 Å². The summed E-state index contributed by atoms with van der Waals surface area (Å²) in [5, 5.41) is 0. The van der Waals surface area contributed by atoms with Crippen LogP contribution in [0.3, 0.4) is 0 Å². The lowest BCUT2D eigenvalue weighted by atomic mass is 10.1. The number of hydrogen-bond donors (Lipinski definition) is 1. The van der Waals surface area contributed by atoms with Crippen molar-refractivity contribution in [1.29, 1.82) is 0 Å². The van der Waals surface area contributed by atoms with Crippen molar-refractivity contribution < 1.29 is 13.9 Å². The number of carbonyl (C=O) groups is 1. The van der Waals surface area contributed by atoms with Crippen LogP contribution in [-0.4, -0.2) is 18.8 Å². The van der Waals surface area contributed by atoms with E-state index in [1.165, 1.54) is 13.2 Å². The number of allylic oxidation sites excluding steroid dienone is 1. The molecule has 0 N–H and O–H groups in total. The molecule has 0 fully saturated rings. The van der Waals surface area contributed by atoms with Crippen molar-refractivity contribution in [3.05, 3.63) is 41.2 Å². The molecule has 0 unspecified atom stereocenters. The molecule has 0 saturated heterocycles. The SMILES string of the molecule is COC(=O)c1cc(F)cc(C=CCCS)c1. The second-order valence-corrected chi connectivity index (χ2v) is 3.63. The van der Waals surface area contributed by atoms with E-state index >= 15 is 0 Å². The average molecular weight is 240 g/mol. The number of ether oxygens (including phenoxy) is 1. The van der Waals surface area contributed by atoms with Gasteiger partial charge < -0.3 is 4.74 Å². The van der Waals surface area contributed by atoms with E-state index in [-0.39, 0.29) is 5.56 Å². The first-order valence-corrected chi connectivity index (χ1v) is 5.47. The van der Waals surface area contributed by atoms with Gasteiger partial charge in [0.15, 0.2) is 0 Å². The molecule has 1 aromatic carbocycles. The van der Waals surface area contributed by atoms with Crippen LogP contribution in [0.2, 0.25) is 0 Å². The van der Waals surface area contributed by atoms with Gasteiger partial charge >= 0.3 is 5.97 Å². The van der Waals surface area contributed by atoms with Crippen LogP contribution in [0.15, 0.2) is 24.3 Å². The van der Waals surface area contributed by atoms with Crippen molar-refractivity contribution in [2.45, 2.75) is 6.42 Å². The van der Waals surface area contributed by atoms with Crippen LogP contribution in [0.25, 0.3) is 6.08 Å². The fraction of sp³-hybridized carbons (Fsp3) is 0.250. The van der Waals surface area contributed by atoms with Gasteiger partial charge in [-0.25, -0.2) is 9.18 Å². The van der Waals surface area contributed by atoms with Crippen LogP contribution in [0.4, 0.5) is 4.39 Å². The van der Waals surface area contributed by atoms with Crippen LogP contribution in [-0.2, 0) is 4.74 Å². The summed E-state index contributed by atoms with van der Waals surface area (Å²) in [6.07, 6.45) is 4.43. The molecule has 0 radical (unpaired) electrons. The Morgan fingerprint density at radius 2 is 2.25 bits per heavy atom. The number of carbonyl (C=O) groups excluding carboxylic acids is 1. The molecular weight excluding hydrogens is 227 g/mol. The number of esters is 1. The Balaban J connectivity index is 2.94. The molecule has 1 aromatic rings. The van der Waals surface area contributed by atoms with E-state index in [9.17, 15) is 9.18 Å². The van der Waals surface area contributed by atoms with Crippen molar-refractivity contribution in [3.63, 3.8) is 0 Å².